The number of nitrogens with zero attached hydrogens (tertiary/aromatic N) is 3. The quantitative estimate of drug-likeness (QED) is 0.645. The molecule has 10 heteroatoms. The topological polar surface area (TPSA) is 154 Å². The van der Waals surface area contributed by atoms with Gasteiger partial charge in [0.05, 0.1) is 32.9 Å². The second kappa shape index (κ2) is 6.05. The molecule has 0 saturated carbocycles. The number of pyridine rings is 1. The molecule has 0 aliphatic rings. The van der Waals surface area contributed by atoms with Crippen LogP contribution in [0, 0.1) is 27.2 Å². The van der Waals surface area contributed by atoms with Gasteiger partial charge in [-0.2, -0.15) is 0 Å². The molecular formula is C13H11N5O5. The normalized spacial score (nSPS) is 10.1. The Hall–Kier alpha value is -3.56. The van der Waals surface area contributed by atoms with Gasteiger partial charge in [0.1, 0.15) is 5.82 Å². The molecule has 0 radical (unpaired) electrons. The standard InChI is InChI=1S/C13H11N5O5/c1-7-11(14)2-3-12(15-7)16-13(19)8-4-9(17(20)21)6-10(5-8)18(22)23/h2-6H,14H2,1H3,(H,15,16,19). The van der Waals surface area contributed by atoms with Crippen molar-refractivity contribution in [1.29, 1.82) is 0 Å². The third kappa shape index (κ3) is 3.56. The Balaban J connectivity index is 2.36. The molecule has 0 bridgehead atoms. The highest BCUT2D eigenvalue weighted by atomic mass is 16.6. The minimum absolute atomic E-state index is 0.177. The monoisotopic (exact) mass is 317 g/mol. The van der Waals surface area contributed by atoms with Crippen molar-refractivity contribution in [2.24, 2.45) is 0 Å². The van der Waals surface area contributed by atoms with Crippen LogP contribution < -0.4 is 11.1 Å². The summed E-state index contributed by atoms with van der Waals surface area (Å²) in [7, 11) is 0. The number of nitrogen functional groups attached to an aromatic ring is 1. The average Bonchev–Trinajstić information content (AvgIpc) is 2.50. The molecule has 23 heavy (non-hydrogen) atoms. The zero-order valence-corrected chi connectivity index (χ0v) is 11.8. The number of nitro benzene ring substituents is 2. The number of aromatic nitrogens is 1. The predicted molar refractivity (Wildman–Crippen MR) is 81.1 cm³/mol. The van der Waals surface area contributed by atoms with Crippen molar-refractivity contribution in [3.63, 3.8) is 0 Å². The number of aryl methyl sites for hydroxylation is 1. The number of hydrogen-bond acceptors (Lipinski definition) is 7. The van der Waals surface area contributed by atoms with Gasteiger partial charge in [0.2, 0.25) is 0 Å². The van der Waals surface area contributed by atoms with Gasteiger partial charge in [0.25, 0.3) is 17.3 Å². The summed E-state index contributed by atoms with van der Waals surface area (Å²) in [6, 6.07) is 5.67. The van der Waals surface area contributed by atoms with Crippen LogP contribution >= 0.6 is 0 Å². The maximum absolute atomic E-state index is 12.1. The minimum atomic E-state index is -0.810. The zero-order valence-electron chi connectivity index (χ0n) is 11.8. The second-order valence-electron chi connectivity index (χ2n) is 4.58. The van der Waals surface area contributed by atoms with E-state index in [2.05, 4.69) is 10.3 Å². The van der Waals surface area contributed by atoms with Gasteiger partial charge in [-0.1, -0.05) is 0 Å². The molecule has 0 unspecified atom stereocenters. The van der Waals surface area contributed by atoms with E-state index >= 15 is 0 Å². The summed E-state index contributed by atoms with van der Waals surface area (Å²) in [6.45, 7) is 1.64. The highest BCUT2D eigenvalue weighted by molar-refractivity contribution is 6.04. The lowest BCUT2D eigenvalue weighted by atomic mass is 10.1. The summed E-state index contributed by atoms with van der Waals surface area (Å²) < 4.78 is 0. The molecule has 2 rings (SSSR count). The van der Waals surface area contributed by atoms with Crippen molar-refractivity contribution in [3.8, 4) is 0 Å². The fourth-order valence-corrected chi connectivity index (χ4v) is 1.77. The number of non-ortho nitro benzene ring substituents is 2. The van der Waals surface area contributed by atoms with Gasteiger partial charge in [-0.05, 0) is 19.1 Å². The molecule has 118 valence electrons. The van der Waals surface area contributed by atoms with Gasteiger partial charge in [0, 0.05) is 12.1 Å². The first kappa shape index (κ1) is 15.8. The largest absolute Gasteiger partial charge is 0.397 e. The Morgan fingerprint density at radius 3 is 2.17 bits per heavy atom. The summed E-state index contributed by atoms with van der Waals surface area (Å²) in [6.07, 6.45) is 0. The van der Waals surface area contributed by atoms with Crippen LogP contribution in [0.4, 0.5) is 22.9 Å². The molecule has 0 fully saturated rings. The number of carbonyl (C=O) groups excluding carboxylic acids is 1. The van der Waals surface area contributed by atoms with E-state index in [1.807, 2.05) is 0 Å². The first-order valence-electron chi connectivity index (χ1n) is 6.26. The summed E-state index contributed by atoms with van der Waals surface area (Å²) in [4.78, 5) is 36.2. The number of nitro groups is 2. The Kier molecular flexibility index (Phi) is 4.16. The number of benzene rings is 1. The van der Waals surface area contributed by atoms with Crippen molar-refractivity contribution in [2.75, 3.05) is 11.1 Å². The lowest BCUT2D eigenvalue weighted by Crippen LogP contribution is -2.14. The number of nitrogens with one attached hydrogen (secondary N) is 1. The van der Waals surface area contributed by atoms with Crippen molar-refractivity contribution < 1.29 is 14.6 Å². The third-order valence-electron chi connectivity index (χ3n) is 2.95. The van der Waals surface area contributed by atoms with E-state index in [0.717, 1.165) is 18.2 Å². The average molecular weight is 317 g/mol. The summed E-state index contributed by atoms with van der Waals surface area (Å²) in [5.74, 6) is -0.579. The summed E-state index contributed by atoms with van der Waals surface area (Å²) in [5.41, 5.74) is 5.22. The van der Waals surface area contributed by atoms with Crippen LogP contribution in [0.1, 0.15) is 16.1 Å². The Bertz CT molecular complexity index is 788. The minimum Gasteiger partial charge on any atom is -0.397 e. The molecule has 0 aliphatic carbocycles. The molecule has 1 amide bonds. The first-order chi connectivity index (χ1) is 10.8. The number of anilines is 2. The first-order valence-corrected chi connectivity index (χ1v) is 6.26. The fourth-order valence-electron chi connectivity index (χ4n) is 1.77. The Labute approximate surface area is 129 Å². The Morgan fingerprint density at radius 2 is 1.70 bits per heavy atom. The van der Waals surface area contributed by atoms with E-state index in [4.69, 9.17) is 5.73 Å². The van der Waals surface area contributed by atoms with Crippen molar-refractivity contribution in [2.45, 2.75) is 6.92 Å². The zero-order chi connectivity index (χ0) is 17.1. The number of nitrogens with two attached hydrogens (primary N) is 1. The molecule has 1 aromatic carbocycles. The van der Waals surface area contributed by atoms with E-state index in [1.54, 1.807) is 6.92 Å². The number of carbonyl (C=O) groups is 1. The van der Waals surface area contributed by atoms with Crippen LogP contribution in [-0.2, 0) is 0 Å². The van der Waals surface area contributed by atoms with E-state index < -0.39 is 27.1 Å². The number of rotatable bonds is 4. The summed E-state index contributed by atoms with van der Waals surface area (Å²) >= 11 is 0. The molecule has 1 aromatic heterocycles. The van der Waals surface area contributed by atoms with Gasteiger partial charge < -0.3 is 11.1 Å². The summed E-state index contributed by atoms with van der Waals surface area (Å²) in [5, 5.41) is 24.0. The number of amides is 1. The highest BCUT2D eigenvalue weighted by Crippen LogP contribution is 2.23. The smallest absolute Gasteiger partial charge is 0.277 e. The number of hydrogen-bond donors (Lipinski definition) is 2. The van der Waals surface area contributed by atoms with Crippen molar-refractivity contribution in [3.05, 3.63) is 61.8 Å². The van der Waals surface area contributed by atoms with Crippen LogP contribution in [-0.4, -0.2) is 20.7 Å². The molecule has 1 heterocycles. The van der Waals surface area contributed by atoms with Gasteiger partial charge >= 0.3 is 0 Å². The van der Waals surface area contributed by atoms with Crippen LogP contribution in [0.5, 0.6) is 0 Å². The molecule has 10 nitrogen and oxygen atoms in total. The molecule has 0 aliphatic heterocycles. The van der Waals surface area contributed by atoms with Crippen LogP contribution in [0.3, 0.4) is 0 Å². The molecule has 0 atom stereocenters. The van der Waals surface area contributed by atoms with Crippen LogP contribution in [0.15, 0.2) is 30.3 Å². The SMILES string of the molecule is Cc1nc(NC(=O)c2cc([N+](=O)[O-])cc([N+](=O)[O-])c2)ccc1N. The van der Waals surface area contributed by atoms with Gasteiger partial charge in [-0.3, -0.25) is 25.0 Å². The molecule has 2 aromatic rings. The van der Waals surface area contributed by atoms with Crippen molar-refractivity contribution >= 4 is 28.8 Å². The van der Waals surface area contributed by atoms with E-state index in [1.165, 1.54) is 12.1 Å². The third-order valence-corrected chi connectivity index (χ3v) is 2.95. The maximum Gasteiger partial charge on any atom is 0.277 e. The van der Waals surface area contributed by atoms with E-state index in [0.29, 0.717) is 11.4 Å². The maximum atomic E-state index is 12.1. The van der Waals surface area contributed by atoms with Crippen LogP contribution in [0.2, 0.25) is 0 Å². The Morgan fingerprint density at radius 1 is 1.13 bits per heavy atom. The van der Waals surface area contributed by atoms with Gasteiger partial charge in [0.15, 0.2) is 0 Å². The molecule has 3 N–H and O–H groups in total. The molecular weight excluding hydrogens is 306 g/mol. The molecule has 0 spiro atoms. The second-order valence-corrected chi connectivity index (χ2v) is 4.58. The van der Waals surface area contributed by atoms with E-state index in [-0.39, 0.29) is 11.4 Å². The van der Waals surface area contributed by atoms with Gasteiger partial charge in [-0.25, -0.2) is 4.98 Å². The highest BCUT2D eigenvalue weighted by Gasteiger charge is 2.20. The fraction of sp³-hybridized carbons (Fsp3) is 0.0769. The van der Waals surface area contributed by atoms with Crippen molar-refractivity contribution in [1.82, 2.24) is 4.98 Å². The molecule has 0 saturated heterocycles. The lowest BCUT2D eigenvalue weighted by molar-refractivity contribution is -0.394. The predicted octanol–water partition coefficient (Wildman–Crippen LogP) is 2.04. The van der Waals surface area contributed by atoms with Gasteiger partial charge in [-0.15, -0.1) is 0 Å². The van der Waals surface area contributed by atoms with E-state index in [9.17, 15) is 25.0 Å². The van der Waals surface area contributed by atoms with Crippen LogP contribution in [0.25, 0.3) is 0 Å². The lowest BCUT2D eigenvalue weighted by Gasteiger charge is -2.06.